The van der Waals surface area contributed by atoms with Crippen LogP contribution in [0.1, 0.15) is 38.2 Å². The van der Waals surface area contributed by atoms with Crippen LogP contribution in [0.3, 0.4) is 0 Å². The molecule has 1 atom stereocenters. The first-order chi connectivity index (χ1) is 7.21. The molecule has 1 nitrogen and oxygen atoms in total. The van der Waals surface area contributed by atoms with Gasteiger partial charge < -0.3 is 5.11 Å². The maximum Gasteiger partial charge on any atom is 0.108 e. The predicted molar refractivity (Wildman–Crippen MR) is 62.6 cm³/mol. The summed E-state index contributed by atoms with van der Waals surface area (Å²) >= 11 is 0. The van der Waals surface area contributed by atoms with Crippen LogP contribution in [-0.2, 0) is 5.60 Å². The smallest absolute Gasteiger partial charge is 0.108 e. The molecule has 0 saturated heterocycles. The van der Waals surface area contributed by atoms with Crippen molar-refractivity contribution in [2.45, 2.75) is 38.2 Å². The van der Waals surface area contributed by atoms with E-state index in [4.69, 9.17) is 0 Å². The summed E-state index contributed by atoms with van der Waals surface area (Å²) in [6.45, 7) is 1.90. The Morgan fingerprint density at radius 1 is 1.13 bits per heavy atom. The van der Waals surface area contributed by atoms with Crippen molar-refractivity contribution in [2.24, 2.45) is 0 Å². The van der Waals surface area contributed by atoms with Crippen LogP contribution in [0.2, 0.25) is 0 Å². The van der Waals surface area contributed by atoms with Gasteiger partial charge in [-0.3, -0.25) is 0 Å². The molecule has 0 spiro atoms. The Labute approximate surface area is 91.4 Å². The predicted octanol–water partition coefficient (Wildman–Crippen LogP) is 3.39. The second-order valence-electron chi connectivity index (χ2n) is 4.41. The molecule has 1 heteroatoms. The van der Waals surface area contributed by atoms with Gasteiger partial charge in [0, 0.05) is 0 Å². The van der Waals surface area contributed by atoms with E-state index < -0.39 is 5.60 Å². The molecule has 2 rings (SSSR count). The minimum absolute atomic E-state index is 0.776. The molecule has 0 heterocycles. The third-order valence-corrected chi connectivity index (χ3v) is 3.25. The first-order valence-corrected chi connectivity index (χ1v) is 5.68. The van der Waals surface area contributed by atoms with Gasteiger partial charge in [-0.15, -0.1) is 0 Å². The number of allylic oxidation sites excluding steroid dienone is 1. The van der Waals surface area contributed by atoms with Crippen molar-refractivity contribution in [3.8, 4) is 0 Å². The molecule has 1 N–H and O–H groups in total. The number of hydrogen-bond acceptors (Lipinski definition) is 1. The minimum atomic E-state index is -0.776. The molecular weight excluding hydrogens is 184 g/mol. The number of rotatable bonds is 2. The first-order valence-electron chi connectivity index (χ1n) is 5.68. The molecule has 0 saturated carbocycles. The Kier molecular flexibility index (Phi) is 2.92. The van der Waals surface area contributed by atoms with Gasteiger partial charge in [0.1, 0.15) is 5.60 Å². The largest absolute Gasteiger partial charge is 0.381 e. The van der Waals surface area contributed by atoms with Gasteiger partial charge in [-0.1, -0.05) is 36.4 Å². The van der Waals surface area contributed by atoms with Crippen molar-refractivity contribution in [1.82, 2.24) is 0 Å². The third-order valence-electron chi connectivity index (χ3n) is 3.25. The van der Waals surface area contributed by atoms with E-state index in [-0.39, 0.29) is 0 Å². The van der Waals surface area contributed by atoms with E-state index in [9.17, 15) is 5.11 Å². The molecule has 15 heavy (non-hydrogen) atoms. The zero-order valence-electron chi connectivity index (χ0n) is 9.24. The summed E-state index contributed by atoms with van der Waals surface area (Å²) in [7, 11) is 0. The van der Waals surface area contributed by atoms with Crippen molar-refractivity contribution in [2.75, 3.05) is 0 Å². The van der Waals surface area contributed by atoms with Gasteiger partial charge in [-0.25, -0.2) is 0 Å². The number of aliphatic hydroxyl groups is 1. The molecule has 1 aromatic rings. The topological polar surface area (TPSA) is 20.2 Å². The van der Waals surface area contributed by atoms with Crippen LogP contribution in [0.4, 0.5) is 0 Å². The minimum Gasteiger partial charge on any atom is -0.381 e. The normalized spacial score (nSPS) is 20.5. The van der Waals surface area contributed by atoms with Gasteiger partial charge in [-0.05, 0) is 43.7 Å². The fourth-order valence-electron chi connectivity index (χ4n) is 2.23. The van der Waals surface area contributed by atoms with Gasteiger partial charge in [0.05, 0.1) is 0 Å². The fraction of sp³-hybridized carbons (Fsp3) is 0.429. The summed E-state index contributed by atoms with van der Waals surface area (Å²) in [5, 5.41) is 10.5. The Morgan fingerprint density at radius 3 is 2.47 bits per heavy atom. The molecule has 0 unspecified atom stereocenters. The monoisotopic (exact) mass is 202 g/mol. The van der Waals surface area contributed by atoms with E-state index >= 15 is 0 Å². The van der Waals surface area contributed by atoms with Crippen molar-refractivity contribution < 1.29 is 5.11 Å². The average molecular weight is 202 g/mol. The molecule has 0 bridgehead atoms. The molecule has 0 amide bonds. The molecule has 0 fully saturated rings. The SMILES string of the molecule is C[C@@](O)(C1=CCCCC1)c1ccccc1. The quantitative estimate of drug-likeness (QED) is 0.729. The lowest BCUT2D eigenvalue weighted by atomic mass is 9.82. The van der Waals surface area contributed by atoms with Crippen LogP contribution in [0.25, 0.3) is 0 Å². The van der Waals surface area contributed by atoms with E-state index in [1.165, 1.54) is 18.4 Å². The summed E-state index contributed by atoms with van der Waals surface area (Å²) in [5.74, 6) is 0. The lowest BCUT2D eigenvalue weighted by molar-refractivity contribution is 0.0915. The van der Waals surface area contributed by atoms with Crippen LogP contribution >= 0.6 is 0 Å². The zero-order valence-corrected chi connectivity index (χ0v) is 9.24. The van der Waals surface area contributed by atoms with E-state index in [1.54, 1.807) is 0 Å². The Balaban J connectivity index is 2.30. The molecule has 0 aromatic heterocycles. The van der Waals surface area contributed by atoms with E-state index in [0.29, 0.717) is 0 Å². The summed E-state index contributed by atoms with van der Waals surface area (Å²) < 4.78 is 0. The van der Waals surface area contributed by atoms with E-state index in [0.717, 1.165) is 18.4 Å². The highest BCUT2D eigenvalue weighted by Gasteiger charge is 2.28. The Bertz CT molecular complexity index is 349. The van der Waals surface area contributed by atoms with Crippen molar-refractivity contribution in [3.63, 3.8) is 0 Å². The molecule has 0 aliphatic heterocycles. The average Bonchev–Trinajstić information content (AvgIpc) is 2.31. The van der Waals surface area contributed by atoms with Crippen molar-refractivity contribution in [1.29, 1.82) is 0 Å². The maximum absolute atomic E-state index is 10.5. The number of hydrogen-bond donors (Lipinski definition) is 1. The summed E-state index contributed by atoms with van der Waals surface area (Å²) in [5.41, 5.74) is 1.40. The van der Waals surface area contributed by atoms with Crippen molar-refractivity contribution >= 4 is 0 Å². The standard InChI is InChI=1S/C14H18O/c1-14(15,12-8-4-2-5-9-12)13-10-6-3-7-11-13/h2,4-5,8-10,15H,3,6-7,11H2,1H3/t14-/m0/s1. The molecule has 1 aromatic carbocycles. The van der Waals surface area contributed by atoms with Crippen molar-refractivity contribution in [3.05, 3.63) is 47.5 Å². The van der Waals surface area contributed by atoms with Gasteiger partial charge >= 0.3 is 0 Å². The van der Waals surface area contributed by atoms with E-state index in [2.05, 4.69) is 6.08 Å². The van der Waals surface area contributed by atoms with Crippen LogP contribution in [0, 0.1) is 0 Å². The van der Waals surface area contributed by atoms with Gasteiger partial charge in [-0.2, -0.15) is 0 Å². The molecule has 0 radical (unpaired) electrons. The summed E-state index contributed by atoms with van der Waals surface area (Å²) in [4.78, 5) is 0. The lowest BCUT2D eigenvalue weighted by Gasteiger charge is -2.29. The van der Waals surface area contributed by atoms with Crippen LogP contribution in [0.5, 0.6) is 0 Å². The Morgan fingerprint density at radius 2 is 1.87 bits per heavy atom. The zero-order chi connectivity index (χ0) is 10.7. The van der Waals surface area contributed by atoms with Crippen LogP contribution < -0.4 is 0 Å². The second-order valence-corrected chi connectivity index (χ2v) is 4.41. The van der Waals surface area contributed by atoms with E-state index in [1.807, 2.05) is 37.3 Å². The second kappa shape index (κ2) is 4.19. The molecule has 1 aliphatic carbocycles. The fourth-order valence-corrected chi connectivity index (χ4v) is 2.23. The molecule has 80 valence electrons. The summed E-state index contributed by atoms with van der Waals surface area (Å²) in [6, 6.07) is 9.93. The van der Waals surface area contributed by atoms with Crippen LogP contribution in [0.15, 0.2) is 42.0 Å². The molecule has 1 aliphatic rings. The third kappa shape index (κ3) is 2.13. The highest BCUT2D eigenvalue weighted by Crippen LogP contribution is 2.34. The molecular formula is C14H18O. The number of benzene rings is 1. The van der Waals surface area contributed by atoms with Crippen LogP contribution in [-0.4, -0.2) is 5.11 Å². The van der Waals surface area contributed by atoms with Gasteiger partial charge in [0.2, 0.25) is 0 Å². The summed E-state index contributed by atoms with van der Waals surface area (Å²) in [6.07, 6.45) is 6.81. The van der Waals surface area contributed by atoms with Gasteiger partial charge in [0.15, 0.2) is 0 Å². The lowest BCUT2D eigenvalue weighted by Crippen LogP contribution is -2.25. The highest BCUT2D eigenvalue weighted by molar-refractivity contribution is 5.32. The maximum atomic E-state index is 10.5. The Hall–Kier alpha value is -1.08. The highest BCUT2D eigenvalue weighted by atomic mass is 16.3. The first kappa shape index (κ1) is 10.4. The van der Waals surface area contributed by atoms with Gasteiger partial charge in [0.25, 0.3) is 0 Å².